The molecule has 7 nitrogen and oxygen atoms in total. The highest BCUT2D eigenvalue weighted by molar-refractivity contribution is 9.10. The van der Waals surface area contributed by atoms with Gasteiger partial charge in [0.25, 0.3) is 0 Å². The van der Waals surface area contributed by atoms with Gasteiger partial charge in [-0.15, -0.1) is 16.8 Å². The summed E-state index contributed by atoms with van der Waals surface area (Å²) in [6.07, 6.45) is 1.76. The minimum Gasteiger partial charge on any atom is -0.493 e. The molecule has 0 saturated carbocycles. The Bertz CT molecular complexity index is 1140. The van der Waals surface area contributed by atoms with E-state index in [4.69, 9.17) is 9.47 Å². The minimum absolute atomic E-state index is 0.108. The van der Waals surface area contributed by atoms with E-state index >= 15 is 0 Å². The second-order valence-corrected chi connectivity index (χ2v) is 9.35. The van der Waals surface area contributed by atoms with Gasteiger partial charge in [0.05, 0.1) is 12.9 Å². The van der Waals surface area contributed by atoms with Gasteiger partial charge in [-0.2, -0.15) is 0 Å². The molecule has 33 heavy (non-hydrogen) atoms. The van der Waals surface area contributed by atoms with Crippen molar-refractivity contribution >= 4 is 39.3 Å². The van der Waals surface area contributed by atoms with Crippen LogP contribution in [0.25, 0.3) is 0 Å². The molecule has 0 fully saturated rings. The minimum atomic E-state index is -0.108. The first kappa shape index (κ1) is 24.9. The van der Waals surface area contributed by atoms with E-state index in [1.54, 1.807) is 13.2 Å². The van der Waals surface area contributed by atoms with Crippen LogP contribution in [0, 0.1) is 20.8 Å². The van der Waals surface area contributed by atoms with Crippen LogP contribution in [0.5, 0.6) is 11.5 Å². The maximum absolute atomic E-state index is 12.6. The van der Waals surface area contributed by atoms with E-state index in [-0.39, 0.29) is 18.3 Å². The number of rotatable bonds is 10. The molecule has 0 unspecified atom stereocenters. The molecule has 1 heterocycles. The highest BCUT2D eigenvalue weighted by Gasteiger charge is 2.16. The molecule has 1 amide bonds. The van der Waals surface area contributed by atoms with Gasteiger partial charge in [0.2, 0.25) is 5.91 Å². The Labute approximate surface area is 206 Å². The average molecular weight is 531 g/mol. The Morgan fingerprint density at radius 3 is 2.58 bits per heavy atom. The predicted molar refractivity (Wildman–Crippen MR) is 135 cm³/mol. The number of allylic oxidation sites excluding steroid dienone is 1. The van der Waals surface area contributed by atoms with Gasteiger partial charge in [-0.3, -0.25) is 9.36 Å². The van der Waals surface area contributed by atoms with E-state index in [0.29, 0.717) is 29.0 Å². The van der Waals surface area contributed by atoms with E-state index in [0.717, 1.165) is 26.9 Å². The van der Waals surface area contributed by atoms with Crippen LogP contribution < -0.4 is 14.8 Å². The molecule has 9 heteroatoms. The number of hydrogen-bond donors (Lipinski definition) is 1. The Balaban J connectivity index is 1.67. The molecule has 3 rings (SSSR count). The lowest BCUT2D eigenvalue weighted by atomic mass is 10.1. The number of aromatic nitrogens is 3. The number of carbonyl (C=O) groups excluding carboxylic acids is 1. The number of amides is 1. The molecule has 1 N–H and O–H groups in total. The molecule has 0 saturated heterocycles. The molecule has 0 bridgehead atoms. The zero-order valence-electron chi connectivity index (χ0n) is 19.1. The summed E-state index contributed by atoms with van der Waals surface area (Å²) in [5.41, 5.74) is 3.92. The number of carbonyl (C=O) groups is 1. The van der Waals surface area contributed by atoms with E-state index in [2.05, 4.69) is 38.0 Å². The lowest BCUT2D eigenvalue weighted by Gasteiger charge is -2.13. The van der Waals surface area contributed by atoms with Gasteiger partial charge in [0, 0.05) is 16.7 Å². The first-order valence-electron chi connectivity index (χ1n) is 10.3. The molecular weight excluding hydrogens is 504 g/mol. The van der Waals surface area contributed by atoms with Crippen molar-refractivity contribution in [3.63, 3.8) is 0 Å². The maximum atomic E-state index is 12.6. The molecule has 0 aliphatic carbocycles. The number of nitrogens with one attached hydrogen (secondary N) is 1. The van der Waals surface area contributed by atoms with Crippen molar-refractivity contribution in [2.24, 2.45) is 0 Å². The third-order valence-corrected chi connectivity index (χ3v) is 6.30. The van der Waals surface area contributed by atoms with Gasteiger partial charge in [0.1, 0.15) is 6.61 Å². The first-order chi connectivity index (χ1) is 15.8. The van der Waals surface area contributed by atoms with Crippen LogP contribution in [-0.2, 0) is 17.9 Å². The molecule has 0 atom stereocenters. The van der Waals surface area contributed by atoms with Crippen LogP contribution in [0.3, 0.4) is 0 Å². The third-order valence-electron chi connectivity index (χ3n) is 4.88. The van der Waals surface area contributed by atoms with E-state index in [1.807, 2.05) is 55.7 Å². The highest BCUT2D eigenvalue weighted by Crippen LogP contribution is 2.29. The summed E-state index contributed by atoms with van der Waals surface area (Å²) in [7, 11) is 1.61. The normalized spacial score (nSPS) is 10.7. The van der Waals surface area contributed by atoms with Crippen molar-refractivity contribution in [1.29, 1.82) is 0 Å². The van der Waals surface area contributed by atoms with Crippen molar-refractivity contribution < 1.29 is 14.3 Å². The van der Waals surface area contributed by atoms with Crippen molar-refractivity contribution in [1.82, 2.24) is 14.8 Å². The molecule has 174 valence electrons. The van der Waals surface area contributed by atoms with Gasteiger partial charge in [0.15, 0.2) is 22.5 Å². The quantitative estimate of drug-likeness (QED) is 0.276. The number of aryl methyl sites for hydroxylation is 3. The summed E-state index contributed by atoms with van der Waals surface area (Å²) in [6, 6.07) is 9.70. The topological polar surface area (TPSA) is 78.3 Å². The maximum Gasteiger partial charge on any atom is 0.234 e. The standard InChI is InChI=1S/C24H27BrN4O3S/c1-6-9-29-21(13-32-19-8-7-15(2)10-20(19)31-5)27-28-24(29)33-14-22(30)26-23-16(3)11-18(25)12-17(23)4/h6-8,10-12H,1,9,13-14H2,2-5H3,(H,26,30). The van der Waals surface area contributed by atoms with Gasteiger partial charge >= 0.3 is 0 Å². The fraction of sp³-hybridized carbons (Fsp3) is 0.292. The third kappa shape index (κ3) is 6.39. The second kappa shape index (κ2) is 11.4. The summed E-state index contributed by atoms with van der Waals surface area (Å²) in [6.45, 7) is 10.5. The largest absolute Gasteiger partial charge is 0.493 e. The van der Waals surface area contributed by atoms with Gasteiger partial charge in [-0.05, 0) is 61.7 Å². The van der Waals surface area contributed by atoms with Gasteiger partial charge in [-0.1, -0.05) is 39.8 Å². The highest BCUT2D eigenvalue weighted by atomic mass is 79.9. The van der Waals surface area contributed by atoms with Crippen LogP contribution in [0.2, 0.25) is 0 Å². The summed E-state index contributed by atoms with van der Waals surface area (Å²) < 4.78 is 14.2. The zero-order chi connectivity index (χ0) is 24.0. The van der Waals surface area contributed by atoms with E-state index in [9.17, 15) is 4.79 Å². The van der Waals surface area contributed by atoms with Crippen molar-refractivity contribution in [3.05, 3.63) is 70.0 Å². The predicted octanol–water partition coefficient (Wildman–Crippen LogP) is 5.47. The summed E-state index contributed by atoms with van der Waals surface area (Å²) in [5, 5.41) is 12.2. The number of anilines is 1. The molecule has 0 aliphatic heterocycles. The lowest BCUT2D eigenvalue weighted by molar-refractivity contribution is -0.113. The van der Waals surface area contributed by atoms with Crippen LogP contribution in [-0.4, -0.2) is 33.5 Å². The number of hydrogen-bond acceptors (Lipinski definition) is 6. The Hall–Kier alpha value is -2.78. The monoisotopic (exact) mass is 530 g/mol. The second-order valence-electron chi connectivity index (χ2n) is 7.49. The van der Waals surface area contributed by atoms with Crippen molar-refractivity contribution in [2.45, 2.75) is 39.1 Å². The summed E-state index contributed by atoms with van der Waals surface area (Å²) in [4.78, 5) is 12.6. The first-order valence-corrected chi connectivity index (χ1v) is 12.1. The summed E-state index contributed by atoms with van der Waals surface area (Å²) >= 11 is 4.80. The number of thioether (sulfide) groups is 1. The smallest absolute Gasteiger partial charge is 0.234 e. The number of nitrogens with zero attached hydrogens (tertiary/aromatic N) is 3. The fourth-order valence-corrected chi connectivity index (χ4v) is 4.75. The molecule has 0 spiro atoms. The molecule has 2 aromatic carbocycles. The fourth-order valence-electron chi connectivity index (χ4n) is 3.29. The van der Waals surface area contributed by atoms with Gasteiger partial charge in [-0.25, -0.2) is 0 Å². The Kier molecular flexibility index (Phi) is 8.57. The van der Waals surface area contributed by atoms with E-state index < -0.39 is 0 Å². The number of halogens is 1. The number of methoxy groups -OCH3 is 1. The Morgan fingerprint density at radius 1 is 1.18 bits per heavy atom. The van der Waals surface area contributed by atoms with Crippen molar-refractivity contribution in [3.8, 4) is 11.5 Å². The average Bonchev–Trinajstić information content (AvgIpc) is 3.15. The van der Waals surface area contributed by atoms with Crippen LogP contribution in [0.15, 0.2) is 52.6 Å². The molecule has 0 radical (unpaired) electrons. The Morgan fingerprint density at radius 2 is 1.91 bits per heavy atom. The lowest BCUT2D eigenvalue weighted by Crippen LogP contribution is -2.16. The number of benzene rings is 2. The molecule has 0 aliphatic rings. The SMILES string of the molecule is C=CCn1c(COc2ccc(C)cc2OC)nnc1SCC(=O)Nc1c(C)cc(Br)cc1C. The molecule has 1 aromatic heterocycles. The zero-order valence-corrected chi connectivity index (χ0v) is 21.5. The van der Waals surface area contributed by atoms with Crippen LogP contribution in [0.4, 0.5) is 5.69 Å². The number of ether oxygens (including phenoxy) is 2. The van der Waals surface area contributed by atoms with Crippen LogP contribution >= 0.6 is 27.7 Å². The molecular formula is C24H27BrN4O3S. The van der Waals surface area contributed by atoms with Crippen LogP contribution in [0.1, 0.15) is 22.5 Å². The van der Waals surface area contributed by atoms with Crippen molar-refractivity contribution in [2.75, 3.05) is 18.2 Å². The summed E-state index contributed by atoms with van der Waals surface area (Å²) in [5.74, 6) is 2.03. The van der Waals surface area contributed by atoms with Gasteiger partial charge < -0.3 is 14.8 Å². The van der Waals surface area contributed by atoms with E-state index in [1.165, 1.54) is 11.8 Å². The molecule has 3 aromatic rings.